The van der Waals surface area contributed by atoms with Crippen LogP contribution in [0.1, 0.15) is 23.1 Å². The van der Waals surface area contributed by atoms with Crippen molar-refractivity contribution in [2.45, 2.75) is 25.7 Å². The number of aliphatic carboxylic acids is 2. The average molecular weight is 389 g/mol. The summed E-state index contributed by atoms with van der Waals surface area (Å²) in [5.41, 5.74) is 5.35. The van der Waals surface area contributed by atoms with Crippen molar-refractivity contribution in [3.63, 3.8) is 0 Å². The third-order valence-corrected chi connectivity index (χ3v) is 4.64. The van der Waals surface area contributed by atoms with Gasteiger partial charge in [0, 0.05) is 38.5 Å². The SMILES string of the molecule is CN(C)C(=O)N1CCCc2cc3c(cc21)CCNCC3.O=C(O)/C=C/C(=O)O. The molecule has 2 heterocycles. The number of carbonyl (C=O) groups is 3. The lowest BCUT2D eigenvalue weighted by atomic mass is 9.93. The lowest BCUT2D eigenvalue weighted by molar-refractivity contribution is -0.134. The van der Waals surface area contributed by atoms with E-state index in [1.165, 1.54) is 16.7 Å². The summed E-state index contributed by atoms with van der Waals surface area (Å²) in [6, 6.07) is 4.70. The van der Waals surface area contributed by atoms with Gasteiger partial charge >= 0.3 is 18.0 Å². The number of hydrogen-bond donors (Lipinski definition) is 3. The van der Waals surface area contributed by atoms with E-state index in [0.717, 1.165) is 51.0 Å². The summed E-state index contributed by atoms with van der Waals surface area (Å²) in [6.07, 6.45) is 5.43. The van der Waals surface area contributed by atoms with Crippen LogP contribution in [0.5, 0.6) is 0 Å². The molecule has 2 aliphatic heterocycles. The van der Waals surface area contributed by atoms with Crippen LogP contribution in [-0.2, 0) is 28.9 Å². The fraction of sp³-hybridized carbons (Fsp3) is 0.450. The van der Waals surface area contributed by atoms with Gasteiger partial charge in [0.25, 0.3) is 0 Å². The molecule has 8 heteroatoms. The second-order valence-electron chi connectivity index (χ2n) is 6.94. The minimum Gasteiger partial charge on any atom is -0.478 e. The number of anilines is 1. The number of urea groups is 1. The molecule has 1 aromatic carbocycles. The monoisotopic (exact) mass is 389 g/mol. The van der Waals surface area contributed by atoms with Gasteiger partial charge in [0.2, 0.25) is 0 Å². The van der Waals surface area contributed by atoms with Crippen molar-refractivity contribution in [2.24, 2.45) is 0 Å². The molecule has 0 radical (unpaired) electrons. The number of benzene rings is 1. The van der Waals surface area contributed by atoms with Crippen molar-refractivity contribution in [2.75, 3.05) is 38.6 Å². The number of carboxylic acids is 2. The number of carbonyl (C=O) groups excluding carboxylic acids is 1. The van der Waals surface area contributed by atoms with Crippen LogP contribution in [0.25, 0.3) is 0 Å². The minimum absolute atomic E-state index is 0.0950. The quantitative estimate of drug-likeness (QED) is 0.662. The average Bonchev–Trinajstić information content (AvgIpc) is 2.88. The zero-order valence-electron chi connectivity index (χ0n) is 16.3. The van der Waals surface area contributed by atoms with Crippen LogP contribution in [-0.4, -0.2) is 66.8 Å². The van der Waals surface area contributed by atoms with Crippen LogP contribution in [0, 0.1) is 0 Å². The van der Waals surface area contributed by atoms with Gasteiger partial charge in [-0.3, -0.25) is 4.90 Å². The zero-order valence-corrected chi connectivity index (χ0v) is 16.3. The van der Waals surface area contributed by atoms with Gasteiger partial charge in [0.1, 0.15) is 0 Å². The van der Waals surface area contributed by atoms with Gasteiger partial charge in [0.05, 0.1) is 0 Å². The molecule has 152 valence electrons. The maximum Gasteiger partial charge on any atom is 0.328 e. The van der Waals surface area contributed by atoms with Gasteiger partial charge < -0.3 is 20.4 Å². The maximum atomic E-state index is 12.3. The van der Waals surface area contributed by atoms with Crippen LogP contribution in [0.15, 0.2) is 24.3 Å². The van der Waals surface area contributed by atoms with Gasteiger partial charge in [0.15, 0.2) is 0 Å². The zero-order chi connectivity index (χ0) is 20.7. The number of amides is 2. The first-order valence-corrected chi connectivity index (χ1v) is 9.27. The van der Waals surface area contributed by atoms with E-state index in [4.69, 9.17) is 10.2 Å². The molecule has 0 unspecified atom stereocenters. The molecule has 2 aliphatic rings. The highest BCUT2D eigenvalue weighted by atomic mass is 16.4. The Balaban J connectivity index is 0.000000300. The Hall–Kier alpha value is -2.87. The number of fused-ring (bicyclic) bond motifs is 2. The first-order valence-electron chi connectivity index (χ1n) is 9.27. The molecule has 3 rings (SSSR count). The fourth-order valence-electron chi connectivity index (χ4n) is 3.35. The standard InChI is InChI=1S/C16H23N3O.C4H4O4/c1-18(2)16(20)19-9-3-4-14-10-12-5-7-17-8-6-13(12)11-15(14)19;5-3(6)1-2-4(7)8/h10-11,17H,3-9H2,1-2H3;1-2H,(H,5,6)(H,7,8)/b;2-1+. The van der Waals surface area contributed by atoms with E-state index in [9.17, 15) is 14.4 Å². The molecule has 0 spiro atoms. The highest BCUT2D eigenvalue weighted by Crippen LogP contribution is 2.31. The summed E-state index contributed by atoms with van der Waals surface area (Å²) in [5.74, 6) is -2.51. The molecule has 0 atom stereocenters. The molecule has 0 fully saturated rings. The number of nitrogens with zero attached hydrogens (tertiary/aromatic N) is 2. The smallest absolute Gasteiger partial charge is 0.328 e. The number of carboxylic acid groups (broad SMARTS) is 2. The molecule has 28 heavy (non-hydrogen) atoms. The number of nitrogens with one attached hydrogen (secondary N) is 1. The summed E-state index contributed by atoms with van der Waals surface area (Å²) >= 11 is 0. The highest BCUT2D eigenvalue weighted by molar-refractivity contribution is 5.93. The Bertz CT molecular complexity index is 757. The van der Waals surface area contributed by atoms with Crippen molar-refractivity contribution >= 4 is 23.7 Å². The van der Waals surface area contributed by atoms with Crippen LogP contribution < -0.4 is 10.2 Å². The topological polar surface area (TPSA) is 110 Å². The Labute approximate surface area is 164 Å². The fourth-order valence-corrected chi connectivity index (χ4v) is 3.35. The molecule has 0 saturated carbocycles. The number of hydrogen-bond acceptors (Lipinski definition) is 4. The third kappa shape index (κ3) is 5.82. The Morgan fingerprint density at radius 2 is 1.54 bits per heavy atom. The Morgan fingerprint density at radius 3 is 2.07 bits per heavy atom. The van der Waals surface area contributed by atoms with Crippen LogP contribution in [0.3, 0.4) is 0 Å². The second-order valence-corrected chi connectivity index (χ2v) is 6.94. The molecule has 0 aliphatic carbocycles. The van der Waals surface area contributed by atoms with E-state index >= 15 is 0 Å². The van der Waals surface area contributed by atoms with E-state index < -0.39 is 11.9 Å². The molecule has 0 saturated heterocycles. The predicted octanol–water partition coefficient (Wildman–Crippen LogP) is 1.52. The predicted molar refractivity (Wildman–Crippen MR) is 106 cm³/mol. The van der Waals surface area contributed by atoms with Gasteiger partial charge in [-0.1, -0.05) is 6.07 Å². The van der Waals surface area contributed by atoms with E-state index in [1.807, 2.05) is 19.0 Å². The van der Waals surface area contributed by atoms with Gasteiger partial charge in [-0.2, -0.15) is 0 Å². The van der Waals surface area contributed by atoms with Crippen molar-refractivity contribution < 1.29 is 24.6 Å². The third-order valence-electron chi connectivity index (χ3n) is 4.64. The summed E-state index contributed by atoms with van der Waals surface area (Å²) in [4.78, 5) is 35.1. The van der Waals surface area contributed by atoms with E-state index in [2.05, 4.69) is 17.4 Å². The van der Waals surface area contributed by atoms with Crippen molar-refractivity contribution in [1.82, 2.24) is 10.2 Å². The van der Waals surface area contributed by atoms with Gasteiger partial charge in [-0.25, -0.2) is 14.4 Å². The molecular formula is C20H27N3O5. The largest absolute Gasteiger partial charge is 0.478 e. The Kier molecular flexibility index (Phi) is 7.57. The molecular weight excluding hydrogens is 362 g/mol. The lowest BCUT2D eigenvalue weighted by Gasteiger charge is -2.32. The summed E-state index contributed by atoms with van der Waals surface area (Å²) < 4.78 is 0. The van der Waals surface area contributed by atoms with Crippen molar-refractivity contribution in [3.8, 4) is 0 Å². The maximum absolute atomic E-state index is 12.3. The van der Waals surface area contributed by atoms with E-state index in [1.54, 1.807) is 4.90 Å². The van der Waals surface area contributed by atoms with Crippen molar-refractivity contribution in [3.05, 3.63) is 41.0 Å². The van der Waals surface area contributed by atoms with Crippen molar-refractivity contribution in [1.29, 1.82) is 0 Å². The Morgan fingerprint density at radius 1 is 0.964 bits per heavy atom. The normalized spacial score (nSPS) is 15.6. The minimum atomic E-state index is -1.26. The highest BCUT2D eigenvalue weighted by Gasteiger charge is 2.25. The lowest BCUT2D eigenvalue weighted by Crippen LogP contribution is -2.42. The molecule has 0 aromatic heterocycles. The summed E-state index contributed by atoms with van der Waals surface area (Å²) in [7, 11) is 3.65. The van der Waals surface area contributed by atoms with Gasteiger partial charge in [-0.05, 0) is 61.5 Å². The van der Waals surface area contributed by atoms with Gasteiger partial charge in [-0.15, -0.1) is 0 Å². The number of rotatable bonds is 2. The van der Waals surface area contributed by atoms with Crippen LogP contribution in [0.4, 0.5) is 10.5 Å². The van der Waals surface area contributed by atoms with Crippen LogP contribution >= 0.6 is 0 Å². The molecule has 2 amide bonds. The van der Waals surface area contributed by atoms with Crippen LogP contribution in [0.2, 0.25) is 0 Å². The first-order chi connectivity index (χ1) is 13.3. The van der Waals surface area contributed by atoms with E-state index in [-0.39, 0.29) is 6.03 Å². The van der Waals surface area contributed by atoms with E-state index in [0.29, 0.717) is 12.2 Å². The first kappa shape index (κ1) is 21.4. The number of aryl methyl sites for hydroxylation is 1. The summed E-state index contributed by atoms with van der Waals surface area (Å²) in [6.45, 7) is 2.93. The molecule has 0 bridgehead atoms. The summed E-state index contributed by atoms with van der Waals surface area (Å²) in [5, 5.41) is 19.1. The second kappa shape index (κ2) is 9.89. The molecule has 8 nitrogen and oxygen atoms in total. The molecule has 3 N–H and O–H groups in total. The molecule has 1 aromatic rings.